The summed E-state index contributed by atoms with van der Waals surface area (Å²) in [4.78, 5) is 12.3. The van der Waals surface area contributed by atoms with Crippen LogP contribution in [0, 0.1) is 12.8 Å². The van der Waals surface area contributed by atoms with E-state index in [0.29, 0.717) is 24.0 Å². The molecule has 1 aromatic heterocycles. The second kappa shape index (κ2) is 7.79. The Bertz CT molecular complexity index is 878. The first kappa shape index (κ1) is 18.9. The van der Waals surface area contributed by atoms with Crippen molar-refractivity contribution in [2.24, 2.45) is 5.92 Å². The van der Waals surface area contributed by atoms with Crippen LogP contribution in [0.1, 0.15) is 24.8 Å². The quantitative estimate of drug-likeness (QED) is 0.750. The first-order chi connectivity index (χ1) is 12.3. The zero-order chi connectivity index (χ0) is 18.7. The van der Waals surface area contributed by atoms with Gasteiger partial charge in [-0.3, -0.25) is 4.79 Å². The Balaban J connectivity index is 1.53. The maximum absolute atomic E-state index is 12.3. The Kier molecular flexibility index (Phi) is 5.67. The van der Waals surface area contributed by atoms with E-state index in [9.17, 15) is 13.2 Å². The van der Waals surface area contributed by atoms with Crippen LogP contribution in [0.15, 0.2) is 33.9 Å². The number of amides is 1. The molecule has 0 saturated carbocycles. The Morgan fingerprint density at radius 3 is 2.73 bits per heavy atom. The summed E-state index contributed by atoms with van der Waals surface area (Å²) in [5, 5.41) is 10.7. The van der Waals surface area contributed by atoms with Crippen LogP contribution in [0.3, 0.4) is 0 Å². The molecule has 140 valence electrons. The highest BCUT2D eigenvalue weighted by Crippen LogP contribution is 2.26. The predicted molar refractivity (Wildman–Crippen MR) is 99.9 cm³/mol. The van der Waals surface area contributed by atoms with Gasteiger partial charge in [0.05, 0.1) is 16.8 Å². The molecule has 7 nitrogen and oxygen atoms in total. The number of rotatable bonds is 6. The fourth-order valence-corrected chi connectivity index (χ4v) is 5.30. The van der Waals surface area contributed by atoms with Crippen molar-refractivity contribution in [3.8, 4) is 0 Å². The summed E-state index contributed by atoms with van der Waals surface area (Å²) in [5.41, 5.74) is 1.86. The molecule has 2 atom stereocenters. The Hall–Kier alpha value is -1.87. The molecule has 0 radical (unpaired) electrons. The fraction of sp³-hybridized carbons (Fsp3) is 0.471. The average molecular weight is 396 g/mol. The number of carbonyl (C=O) groups excluding carboxylic acids is 1. The van der Waals surface area contributed by atoms with E-state index < -0.39 is 15.1 Å². The molecule has 0 spiro atoms. The molecule has 1 aromatic carbocycles. The van der Waals surface area contributed by atoms with E-state index in [-0.39, 0.29) is 23.3 Å². The zero-order valence-electron chi connectivity index (χ0n) is 14.6. The number of anilines is 1. The standard InChI is InChI=1S/C17H21N3O4S2/c1-11-3-5-14(6-4-11)18-16(21)12(2)25-17-20-19-15(24-17)9-13-7-8-26(22,23)10-13/h3-6,12-13H,7-10H2,1-2H3,(H,18,21)/t12-,13+/m0/s1. The molecule has 0 aliphatic carbocycles. The van der Waals surface area contributed by atoms with E-state index in [1.165, 1.54) is 11.8 Å². The highest BCUT2D eigenvalue weighted by molar-refractivity contribution is 8.00. The second-order valence-electron chi connectivity index (χ2n) is 6.55. The van der Waals surface area contributed by atoms with Gasteiger partial charge in [0.25, 0.3) is 5.22 Å². The highest BCUT2D eigenvalue weighted by Gasteiger charge is 2.29. The summed E-state index contributed by atoms with van der Waals surface area (Å²) in [5.74, 6) is 0.693. The van der Waals surface area contributed by atoms with Gasteiger partial charge in [-0.15, -0.1) is 10.2 Å². The van der Waals surface area contributed by atoms with Crippen molar-refractivity contribution >= 4 is 33.2 Å². The molecular weight excluding hydrogens is 374 g/mol. The third kappa shape index (κ3) is 5.07. The Labute approximate surface area is 156 Å². The Morgan fingerprint density at radius 2 is 2.08 bits per heavy atom. The molecule has 9 heteroatoms. The van der Waals surface area contributed by atoms with E-state index in [1.807, 2.05) is 31.2 Å². The summed E-state index contributed by atoms with van der Waals surface area (Å²) in [6.45, 7) is 3.75. The van der Waals surface area contributed by atoms with Gasteiger partial charge in [0.2, 0.25) is 11.8 Å². The monoisotopic (exact) mass is 395 g/mol. The lowest BCUT2D eigenvalue weighted by atomic mass is 10.1. The Morgan fingerprint density at radius 1 is 1.35 bits per heavy atom. The second-order valence-corrected chi connectivity index (χ2v) is 10.1. The van der Waals surface area contributed by atoms with E-state index in [2.05, 4.69) is 15.5 Å². The minimum atomic E-state index is -2.92. The van der Waals surface area contributed by atoms with Crippen molar-refractivity contribution in [3.05, 3.63) is 35.7 Å². The molecule has 3 rings (SSSR count). The van der Waals surface area contributed by atoms with Gasteiger partial charge in [0.15, 0.2) is 9.84 Å². The van der Waals surface area contributed by atoms with Crippen LogP contribution in [0.25, 0.3) is 0 Å². The van der Waals surface area contributed by atoms with Crippen molar-refractivity contribution in [2.75, 3.05) is 16.8 Å². The van der Waals surface area contributed by atoms with Gasteiger partial charge in [-0.25, -0.2) is 8.42 Å². The van der Waals surface area contributed by atoms with Crippen LogP contribution < -0.4 is 5.32 Å². The van der Waals surface area contributed by atoms with Gasteiger partial charge in [-0.2, -0.15) is 0 Å². The molecule has 1 amide bonds. The average Bonchev–Trinajstić information content (AvgIpc) is 3.15. The summed E-state index contributed by atoms with van der Waals surface area (Å²) in [7, 11) is -2.92. The zero-order valence-corrected chi connectivity index (χ0v) is 16.3. The number of hydrogen-bond donors (Lipinski definition) is 1. The topological polar surface area (TPSA) is 102 Å². The molecule has 0 unspecified atom stereocenters. The molecule has 1 aliphatic rings. The largest absolute Gasteiger partial charge is 0.416 e. The summed E-state index contributed by atoms with van der Waals surface area (Å²) < 4.78 is 28.6. The van der Waals surface area contributed by atoms with Gasteiger partial charge < -0.3 is 9.73 Å². The van der Waals surface area contributed by atoms with E-state index >= 15 is 0 Å². The van der Waals surface area contributed by atoms with Crippen LogP contribution in [0.5, 0.6) is 0 Å². The third-order valence-corrected chi connectivity index (χ3v) is 6.98. The first-order valence-electron chi connectivity index (χ1n) is 8.38. The smallest absolute Gasteiger partial charge is 0.277 e. The third-order valence-electron chi connectivity index (χ3n) is 4.20. The summed E-state index contributed by atoms with van der Waals surface area (Å²) in [6.07, 6.45) is 1.08. The number of nitrogens with one attached hydrogen (secondary N) is 1. The van der Waals surface area contributed by atoms with Crippen molar-refractivity contribution in [1.82, 2.24) is 10.2 Å². The minimum absolute atomic E-state index is 0.0283. The normalized spacial score (nSPS) is 20.0. The van der Waals surface area contributed by atoms with Crippen molar-refractivity contribution in [3.63, 3.8) is 0 Å². The lowest BCUT2D eigenvalue weighted by Gasteiger charge is -2.10. The van der Waals surface area contributed by atoms with Gasteiger partial charge in [-0.05, 0) is 38.3 Å². The minimum Gasteiger partial charge on any atom is -0.416 e. The summed E-state index contributed by atoms with van der Waals surface area (Å²) >= 11 is 1.18. The molecular formula is C17H21N3O4S2. The van der Waals surface area contributed by atoms with Crippen LogP contribution in [-0.2, 0) is 21.1 Å². The van der Waals surface area contributed by atoms with Crippen LogP contribution in [-0.4, -0.2) is 41.3 Å². The van der Waals surface area contributed by atoms with Crippen molar-refractivity contribution in [2.45, 2.75) is 37.2 Å². The van der Waals surface area contributed by atoms with Gasteiger partial charge in [0, 0.05) is 12.1 Å². The number of aromatic nitrogens is 2. The number of carbonyl (C=O) groups is 1. The lowest BCUT2D eigenvalue weighted by Crippen LogP contribution is -2.22. The fourth-order valence-electron chi connectivity index (χ4n) is 2.73. The molecule has 26 heavy (non-hydrogen) atoms. The maximum Gasteiger partial charge on any atom is 0.277 e. The molecule has 0 bridgehead atoms. The molecule has 2 aromatic rings. The van der Waals surface area contributed by atoms with Crippen LogP contribution in [0.2, 0.25) is 0 Å². The van der Waals surface area contributed by atoms with E-state index in [4.69, 9.17) is 4.42 Å². The molecule has 1 aliphatic heterocycles. The maximum atomic E-state index is 12.3. The van der Waals surface area contributed by atoms with Gasteiger partial charge in [0.1, 0.15) is 0 Å². The highest BCUT2D eigenvalue weighted by atomic mass is 32.2. The first-order valence-corrected chi connectivity index (χ1v) is 11.1. The summed E-state index contributed by atoms with van der Waals surface area (Å²) in [6, 6.07) is 7.57. The number of nitrogens with zero attached hydrogens (tertiary/aromatic N) is 2. The molecule has 1 saturated heterocycles. The van der Waals surface area contributed by atoms with Gasteiger partial charge >= 0.3 is 0 Å². The number of aryl methyl sites for hydroxylation is 1. The van der Waals surface area contributed by atoms with Gasteiger partial charge in [-0.1, -0.05) is 29.5 Å². The van der Waals surface area contributed by atoms with Crippen molar-refractivity contribution < 1.29 is 17.6 Å². The van der Waals surface area contributed by atoms with E-state index in [1.54, 1.807) is 6.92 Å². The SMILES string of the molecule is Cc1ccc(NC(=O)[C@H](C)Sc2nnc(C[C@H]3CCS(=O)(=O)C3)o2)cc1. The van der Waals surface area contributed by atoms with Crippen LogP contribution >= 0.6 is 11.8 Å². The number of sulfone groups is 1. The lowest BCUT2D eigenvalue weighted by molar-refractivity contribution is -0.115. The number of hydrogen-bond acceptors (Lipinski definition) is 7. The number of thioether (sulfide) groups is 1. The predicted octanol–water partition coefficient (Wildman–Crippen LogP) is 2.47. The van der Waals surface area contributed by atoms with Crippen molar-refractivity contribution in [1.29, 1.82) is 0 Å². The van der Waals surface area contributed by atoms with E-state index in [0.717, 1.165) is 11.3 Å². The molecule has 1 N–H and O–H groups in total. The molecule has 1 fully saturated rings. The molecule has 2 heterocycles. The van der Waals surface area contributed by atoms with Crippen LogP contribution in [0.4, 0.5) is 5.69 Å². The number of benzene rings is 1.